The van der Waals surface area contributed by atoms with E-state index in [0.717, 1.165) is 6.07 Å². The second-order valence-corrected chi connectivity index (χ2v) is 2.36. The van der Waals surface area contributed by atoms with Gasteiger partial charge in [0.2, 0.25) is 5.82 Å². The maximum absolute atomic E-state index is 12.8. The van der Waals surface area contributed by atoms with Gasteiger partial charge in [0.05, 0.1) is 0 Å². The van der Waals surface area contributed by atoms with Crippen molar-refractivity contribution in [3.63, 3.8) is 0 Å². The number of benzene rings is 1. The molecule has 1 aromatic carbocycles. The molecule has 74 valence electrons. The number of hydrogen-bond donors (Lipinski definition) is 1. The molecule has 0 amide bonds. The molecule has 7 heteroatoms. The van der Waals surface area contributed by atoms with Crippen LogP contribution in [-0.4, -0.2) is 19.3 Å². The fourth-order valence-corrected chi connectivity index (χ4v) is 0.764. The SMILES string of the molecule is [B]c1ccc(OC(F)(F)F)c(F)c1O. The Kier molecular flexibility index (Phi) is 2.59. The number of phenols is 1. The summed E-state index contributed by atoms with van der Waals surface area (Å²) >= 11 is 0. The molecule has 0 aliphatic carbocycles. The van der Waals surface area contributed by atoms with E-state index in [9.17, 15) is 17.6 Å². The van der Waals surface area contributed by atoms with Crippen molar-refractivity contribution in [3.05, 3.63) is 17.9 Å². The van der Waals surface area contributed by atoms with Crippen molar-refractivity contribution in [3.8, 4) is 11.5 Å². The van der Waals surface area contributed by atoms with E-state index in [1.165, 1.54) is 0 Å². The number of aromatic hydroxyl groups is 1. The smallest absolute Gasteiger partial charge is 0.505 e. The standard InChI is InChI=1S/C7H3BF4O2/c8-3-1-2-4(5(9)6(3)13)14-7(10,11)12/h1-2,13H. The lowest BCUT2D eigenvalue weighted by Gasteiger charge is -2.10. The topological polar surface area (TPSA) is 29.5 Å². The van der Waals surface area contributed by atoms with Crippen molar-refractivity contribution >= 4 is 13.3 Å². The Morgan fingerprint density at radius 1 is 1.29 bits per heavy atom. The van der Waals surface area contributed by atoms with Gasteiger partial charge in [-0.25, -0.2) is 0 Å². The highest BCUT2D eigenvalue weighted by molar-refractivity contribution is 6.34. The van der Waals surface area contributed by atoms with Gasteiger partial charge in [-0.05, 0) is 6.07 Å². The van der Waals surface area contributed by atoms with Crippen LogP contribution < -0.4 is 10.2 Å². The highest BCUT2D eigenvalue weighted by Crippen LogP contribution is 2.28. The van der Waals surface area contributed by atoms with E-state index in [1.54, 1.807) is 0 Å². The van der Waals surface area contributed by atoms with E-state index < -0.39 is 23.7 Å². The number of rotatable bonds is 1. The number of hydrogen-bond acceptors (Lipinski definition) is 2. The summed E-state index contributed by atoms with van der Waals surface area (Å²) in [7, 11) is 5.03. The minimum Gasteiger partial charge on any atom is -0.505 e. The molecule has 2 nitrogen and oxygen atoms in total. The number of alkyl halides is 3. The largest absolute Gasteiger partial charge is 0.573 e. The van der Waals surface area contributed by atoms with Crippen molar-refractivity contribution in [1.82, 2.24) is 0 Å². The third kappa shape index (κ3) is 2.30. The maximum atomic E-state index is 12.8. The summed E-state index contributed by atoms with van der Waals surface area (Å²) in [4.78, 5) is 0. The van der Waals surface area contributed by atoms with Crippen LogP contribution in [0.4, 0.5) is 17.6 Å². The lowest BCUT2D eigenvalue weighted by molar-refractivity contribution is -0.275. The second-order valence-electron chi connectivity index (χ2n) is 2.36. The van der Waals surface area contributed by atoms with Gasteiger partial charge in [-0.3, -0.25) is 0 Å². The summed E-state index contributed by atoms with van der Waals surface area (Å²) in [5.41, 5.74) is -0.364. The summed E-state index contributed by atoms with van der Waals surface area (Å²) in [6.07, 6.45) is -5.01. The van der Waals surface area contributed by atoms with Crippen molar-refractivity contribution in [2.24, 2.45) is 0 Å². The van der Waals surface area contributed by atoms with Gasteiger partial charge in [0.1, 0.15) is 13.6 Å². The van der Waals surface area contributed by atoms with E-state index >= 15 is 0 Å². The lowest BCUT2D eigenvalue weighted by Crippen LogP contribution is -2.19. The molecule has 1 rings (SSSR count). The van der Waals surface area contributed by atoms with Gasteiger partial charge >= 0.3 is 6.36 Å². The highest BCUT2D eigenvalue weighted by Gasteiger charge is 2.32. The molecular formula is C7H3BF4O2. The van der Waals surface area contributed by atoms with E-state index in [-0.39, 0.29) is 5.46 Å². The van der Waals surface area contributed by atoms with Gasteiger partial charge in [0, 0.05) is 0 Å². The Balaban J connectivity index is 3.06. The number of ether oxygens (including phenoxy) is 1. The van der Waals surface area contributed by atoms with Crippen molar-refractivity contribution in [1.29, 1.82) is 0 Å². The zero-order chi connectivity index (χ0) is 10.9. The quantitative estimate of drug-likeness (QED) is 0.552. The molecule has 0 heterocycles. The van der Waals surface area contributed by atoms with E-state index in [4.69, 9.17) is 13.0 Å². The average Bonchev–Trinajstić information content (AvgIpc) is 2.04. The Labute approximate surface area is 77.5 Å². The van der Waals surface area contributed by atoms with Gasteiger partial charge in [0.15, 0.2) is 5.75 Å². The average molecular weight is 206 g/mol. The van der Waals surface area contributed by atoms with Crippen LogP contribution in [-0.2, 0) is 0 Å². The molecule has 0 bridgehead atoms. The Morgan fingerprint density at radius 2 is 1.86 bits per heavy atom. The molecule has 0 saturated carbocycles. The van der Waals surface area contributed by atoms with Gasteiger partial charge < -0.3 is 9.84 Å². The van der Waals surface area contributed by atoms with Gasteiger partial charge in [-0.1, -0.05) is 11.5 Å². The molecule has 0 aromatic heterocycles. The first-order valence-corrected chi connectivity index (χ1v) is 3.34. The van der Waals surface area contributed by atoms with Crippen LogP contribution in [0.2, 0.25) is 0 Å². The molecule has 0 aliphatic heterocycles. The van der Waals surface area contributed by atoms with E-state index in [0.29, 0.717) is 6.07 Å². The van der Waals surface area contributed by atoms with Crippen LogP contribution in [0.3, 0.4) is 0 Å². The fraction of sp³-hybridized carbons (Fsp3) is 0.143. The predicted molar refractivity (Wildman–Crippen MR) is 40.1 cm³/mol. The van der Waals surface area contributed by atoms with Crippen molar-refractivity contribution in [2.75, 3.05) is 0 Å². The second kappa shape index (κ2) is 3.40. The Morgan fingerprint density at radius 3 is 2.36 bits per heavy atom. The first-order chi connectivity index (χ1) is 6.31. The molecule has 0 aliphatic rings. The summed E-state index contributed by atoms with van der Waals surface area (Å²) in [6, 6.07) is 1.58. The lowest BCUT2D eigenvalue weighted by atomic mass is 9.95. The summed E-state index contributed by atoms with van der Waals surface area (Å²) in [5.74, 6) is -3.72. The first-order valence-electron chi connectivity index (χ1n) is 3.34. The normalized spacial score (nSPS) is 11.4. The molecule has 0 spiro atoms. The predicted octanol–water partition coefficient (Wildman–Crippen LogP) is 1.22. The molecule has 0 atom stereocenters. The summed E-state index contributed by atoms with van der Waals surface area (Å²) in [5, 5.41) is 8.84. The molecule has 2 radical (unpaired) electrons. The summed E-state index contributed by atoms with van der Waals surface area (Å²) in [6.45, 7) is 0. The zero-order valence-corrected chi connectivity index (χ0v) is 6.60. The first kappa shape index (κ1) is 10.7. The Bertz CT molecular complexity index is 350. The fourth-order valence-electron chi connectivity index (χ4n) is 0.764. The van der Waals surface area contributed by atoms with Crippen LogP contribution in [0.15, 0.2) is 12.1 Å². The third-order valence-corrected chi connectivity index (χ3v) is 1.34. The van der Waals surface area contributed by atoms with Crippen LogP contribution in [0.5, 0.6) is 11.5 Å². The highest BCUT2D eigenvalue weighted by atomic mass is 19.4. The zero-order valence-electron chi connectivity index (χ0n) is 6.60. The number of halogens is 4. The van der Waals surface area contributed by atoms with Gasteiger partial charge in [0.25, 0.3) is 0 Å². The van der Waals surface area contributed by atoms with Crippen LogP contribution >= 0.6 is 0 Å². The van der Waals surface area contributed by atoms with Gasteiger partial charge in [-0.2, -0.15) is 4.39 Å². The molecular weight excluding hydrogens is 203 g/mol. The monoisotopic (exact) mass is 206 g/mol. The van der Waals surface area contributed by atoms with Crippen molar-refractivity contribution < 1.29 is 27.4 Å². The van der Waals surface area contributed by atoms with Crippen molar-refractivity contribution in [2.45, 2.75) is 6.36 Å². The molecule has 1 aromatic rings. The minimum absolute atomic E-state index is 0.364. The van der Waals surface area contributed by atoms with E-state index in [1.807, 2.05) is 0 Å². The van der Waals surface area contributed by atoms with Gasteiger partial charge in [-0.15, -0.1) is 13.2 Å². The van der Waals surface area contributed by atoms with Crippen LogP contribution in [0.1, 0.15) is 0 Å². The minimum atomic E-state index is -5.01. The third-order valence-electron chi connectivity index (χ3n) is 1.34. The van der Waals surface area contributed by atoms with Crippen LogP contribution in [0, 0.1) is 5.82 Å². The maximum Gasteiger partial charge on any atom is 0.573 e. The summed E-state index contributed by atoms with van der Waals surface area (Å²) < 4.78 is 51.1. The molecule has 0 fully saturated rings. The molecule has 0 unspecified atom stereocenters. The number of phenolic OH excluding ortho intramolecular Hbond substituents is 1. The molecule has 1 N–H and O–H groups in total. The van der Waals surface area contributed by atoms with Crippen LogP contribution in [0.25, 0.3) is 0 Å². The molecule has 14 heavy (non-hydrogen) atoms. The van der Waals surface area contributed by atoms with E-state index in [2.05, 4.69) is 4.74 Å². The molecule has 0 saturated heterocycles. The Hall–Kier alpha value is -1.40.